The smallest absolute Gasteiger partial charge is 0.227 e. The quantitative estimate of drug-likeness (QED) is 0.859. The molecule has 3 rings (SSSR count). The predicted molar refractivity (Wildman–Crippen MR) is 96.8 cm³/mol. The Morgan fingerprint density at radius 3 is 2.77 bits per heavy atom. The molecule has 0 unspecified atom stereocenters. The molecule has 0 saturated heterocycles. The van der Waals surface area contributed by atoms with Crippen molar-refractivity contribution in [1.29, 1.82) is 0 Å². The van der Waals surface area contributed by atoms with E-state index in [1.807, 2.05) is 18.2 Å². The molecule has 1 fully saturated rings. The highest BCUT2D eigenvalue weighted by molar-refractivity contribution is 5.77. The van der Waals surface area contributed by atoms with Crippen molar-refractivity contribution >= 4 is 5.91 Å². The standard InChI is InChI=1S/C20H24N2O4/c1-14-11-16(23)18(25)19(26-14)20(8-4-2-5-9-20)12-17(24)22-13-15-7-3-6-10-21-15/h3,6-7,10-11,25H,2,4-5,8-9,12-13H2,1H3,(H,22,24). The van der Waals surface area contributed by atoms with Crippen LogP contribution < -0.4 is 10.7 Å². The second-order valence-corrected chi connectivity index (χ2v) is 7.01. The van der Waals surface area contributed by atoms with Crippen LogP contribution in [-0.4, -0.2) is 16.0 Å². The molecular weight excluding hydrogens is 332 g/mol. The number of carbonyl (C=O) groups excluding carboxylic acids is 1. The third-order valence-electron chi connectivity index (χ3n) is 5.03. The van der Waals surface area contributed by atoms with E-state index in [9.17, 15) is 14.7 Å². The Hall–Kier alpha value is -2.63. The van der Waals surface area contributed by atoms with E-state index in [4.69, 9.17) is 4.42 Å². The highest BCUT2D eigenvalue weighted by Crippen LogP contribution is 2.44. The van der Waals surface area contributed by atoms with E-state index in [2.05, 4.69) is 10.3 Å². The highest BCUT2D eigenvalue weighted by atomic mass is 16.4. The zero-order valence-corrected chi connectivity index (χ0v) is 15.0. The van der Waals surface area contributed by atoms with Crippen molar-refractivity contribution in [2.45, 2.75) is 57.4 Å². The Morgan fingerprint density at radius 1 is 1.31 bits per heavy atom. The summed E-state index contributed by atoms with van der Waals surface area (Å²) in [6, 6.07) is 6.82. The Balaban J connectivity index is 1.82. The van der Waals surface area contributed by atoms with Gasteiger partial charge in [0.2, 0.25) is 17.1 Å². The van der Waals surface area contributed by atoms with E-state index in [1.54, 1.807) is 13.1 Å². The van der Waals surface area contributed by atoms with Gasteiger partial charge in [0.05, 0.1) is 12.2 Å². The Morgan fingerprint density at radius 2 is 2.08 bits per heavy atom. The molecule has 0 aromatic carbocycles. The van der Waals surface area contributed by atoms with Crippen LogP contribution in [0.25, 0.3) is 0 Å². The Labute approximate surface area is 152 Å². The molecule has 2 heterocycles. The van der Waals surface area contributed by atoms with Crippen molar-refractivity contribution in [3.8, 4) is 5.75 Å². The summed E-state index contributed by atoms with van der Waals surface area (Å²) in [5, 5.41) is 13.2. The van der Waals surface area contributed by atoms with Gasteiger partial charge in [0.1, 0.15) is 5.76 Å². The number of aromatic hydroxyl groups is 1. The number of nitrogens with one attached hydrogen (secondary N) is 1. The summed E-state index contributed by atoms with van der Waals surface area (Å²) in [7, 11) is 0. The summed E-state index contributed by atoms with van der Waals surface area (Å²) >= 11 is 0. The lowest BCUT2D eigenvalue weighted by Crippen LogP contribution is -2.37. The largest absolute Gasteiger partial charge is 0.502 e. The zero-order valence-electron chi connectivity index (χ0n) is 15.0. The minimum atomic E-state index is -0.637. The first-order valence-corrected chi connectivity index (χ1v) is 9.01. The number of pyridine rings is 1. The molecule has 0 atom stereocenters. The van der Waals surface area contributed by atoms with Gasteiger partial charge in [-0.25, -0.2) is 0 Å². The summed E-state index contributed by atoms with van der Waals surface area (Å²) in [4.78, 5) is 28.8. The van der Waals surface area contributed by atoms with Crippen molar-refractivity contribution in [2.75, 3.05) is 0 Å². The van der Waals surface area contributed by atoms with Crippen LogP contribution in [0.4, 0.5) is 0 Å². The fourth-order valence-corrected chi connectivity index (χ4v) is 3.74. The second kappa shape index (κ2) is 7.72. The van der Waals surface area contributed by atoms with Gasteiger partial charge in [0, 0.05) is 24.1 Å². The molecule has 0 spiro atoms. The Bertz CT molecular complexity index is 823. The van der Waals surface area contributed by atoms with Gasteiger partial charge in [-0.3, -0.25) is 14.6 Å². The van der Waals surface area contributed by atoms with Crippen LogP contribution >= 0.6 is 0 Å². The third kappa shape index (κ3) is 3.95. The first-order valence-electron chi connectivity index (χ1n) is 9.01. The molecule has 26 heavy (non-hydrogen) atoms. The SMILES string of the molecule is Cc1cc(=O)c(O)c(C2(CC(=O)NCc3ccccn3)CCCCC2)o1. The minimum Gasteiger partial charge on any atom is -0.502 e. The molecule has 138 valence electrons. The number of carbonyl (C=O) groups is 1. The molecule has 1 amide bonds. The van der Waals surface area contributed by atoms with Crippen LogP contribution in [0.5, 0.6) is 5.75 Å². The lowest BCUT2D eigenvalue weighted by Gasteiger charge is -2.36. The molecule has 2 aromatic heterocycles. The van der Waals surface area contributed by atoms with Gasteiger partial charge >= 0.3 is 0 Å². The number of amides is 1. The summed E-state index contributed by atoms with van der Waals surface area (Å²) in [5.41, 5.74) is -0.312. The average Bonchev–Trinajstić information content (AvgIpc) is 2.64. The van der Waals surface area contributed by atoms with Crippen LogP contribution in [0, 0.1) is 6.92 Å². The van der Waals surface area contributed by atoms with E-state index in [0.717, 1.165) is 25.0 Å². The topological polar surface area (TPSA) is 92.4 Å². The van der Waals surface area contributed by atoms with Gasteiger partial charge in [-0.05, 0) is 31.9 Å². The summed E-state index contributed by atoms with van der Waals surface area (Å²) < 4.78 is 5.75. The molecular formula is C20H24N2O4. The predicted octanol–water partition coefficient (Wildman–Crippen LogP) is 2.96. The van der Waals surface area contributed by atoms with Gasteiger partial charge < -0.3 is 14.8 Å². The molecule has 6 nitrogen and oxygen atoms in total. The molecule has 2 aromatic rings. The molecule has 6 heteroatoms. The number of hydrogen-bond donors (Lipinski definition) is 2. The van der Waals surface area contributed by atoms with Gasteiger partial charge in [-0.15, -0.1) is 0 Å². The van der Waals surface area contributed by atoms with Crippen LogP contribution in [0.2, 0.25) is 0 Å². The zero-order chi connectivity index (χ0) is 18.6. The van der Waals surface area contributed by atoms with Crippen molar-refractivity contribution in [1.82, 2.24) is 10.3 Å². The fourth-order valence-electron chi connectivity index (χ4n) is 3.74. The van der Waals surface area contributed by atoms with Crippen molar-refractivity contribution in [3.05, 3.63) is 57.9 Å². The average molecular weight is 356 g/mol. The van der Waals surface area contributed by atoms with Gasteiger partial charge in [-0.1, -0.05) is 25.3 Å². The number of hydrogen-bond acceptors (Lipinski definition) is 5. The lowest BCUT2D eigenvalue weighted by molar-refractivity contribution is -0.123. The molecule has 0 radical (unpaired) electrons. The monoisotopic (exact) mass is 356 g/mol. The maximum absolute atomic E-state index is 12.6. The summed E-state index contributed by atoms with van der Waals surface area (Å²) in [6.07, 6.45) is 6.24. The van der Waals surface area contributed by atoms with Crippen LogP contribution in [0.1, 0.15) is 55.7 Å². The number of nitrogens with zero attached hydrogens (tertiary/aromatic N) is 1. The normalized spacial score (nSPS) is 16.2. The molecule has 0 aliphatic heterocycles. The van der Waals surface area contributed by atoms with Crippen LogP contribution in [0.3, 0.4) is 0 Å². The van der Waals surface area contributed by atoms with E-state index >= 15 is 0 Å². The van der Waals surface area contributed by atoms with Crippen LogP contribution in [0.15, 0.2) is 39.7 Å². The summed E-state index contributed by atoms with van der Waals surface area (Å²) in [6.45, 7) is 2.03. The van der Waals surface area contributed by atoms with E-state index < -0.39 is 10.8 Å². The maximum atomic E-state index is 12.6. The number of aryl methyl sites for hydroxylation is 1. The molecule has 2 N–H and O–H groups in total. The first-order chi connectivity index (χ1) is 12.5. The van der Waals surface area contributed by atoms with Crippen molar-refractivity contribution < 1.29 is 14.3 Å². The first kappa shape index (κ1) is 18.2. The fraction of sp³-hybridized carbons (Fsp3) is 0.450. The molecule has 0 bridgehead atoms. The third-order valence-corrected chi connectivity index (χ3v) is 5.03. The lowest BCUT2D eigenvalue weighted by atomic mass is 9.69. The van der Waals surface area contributed by atoms with Gasteiger partial charge in [0.25, 0.3) is 0 Å². The molecule has 1 saturated carbocycles. The second-order valence-electron chi connectivity index (χ2n) is 7.01. The van der Waals surface area contributed by atoms with Crippen LogP contribution in [-0.2, 0) is 16.8 Å². The molecule has 1 aliphatic carbocycles. The number of rotatable bonds is 5. The minimum absolute atomic E-state index is 0.138. The maximum Gasteiger partial charge on any atom is 0.227 e. The summed E-state index contributed by atoms with van der Waals surface area (Å²) in [5.74, 6) is 0.202. The van der Waals surface area contributed by atoms with E-state index in [1.165, 1.54) is 6.07 Å². The molecule has 1 aliphatic rings. The number of aromatic nitrogens is 1. The van der Waals surface area contributed by atoms with E-state index in [-0.39, 0.29) is 23.8 Å². The van der Waals surface area contributed by atoms with Gasteiger partial charge in [-0.2, -0.15) is 0 Å². The Kier molecular flexibility index (Phi) is 5.40. The van der Waals surface area contributed by atoms with Gasteiger partial charge in [0.15, 0.2) is 5.76 Å². The highest BCUT2D eigenvalue weighted by Gasteiger charge is 2.41. The van der Waals surface area contributed by atoms with Crippen molar-refractivity contribution in [2.24, 2.45) is 0 Å². The van der Waals surface area contributed by atoms with E-state index in [0.29, 0.717) is 25.1 Å². The van der Waals surface area contributed by atoms with Crippen molar-refractivity contribution in [3.63, 3.8) is 0 Å².